The number of aromatic nitrogens is 1. The van der Waals surface area contributed by atoms with Gasteiger partial charge in [-0.15, -0.1) is 0 Å². The van der Waals surface area contributed by atoms with Crippen molar-refractivity contribution < 1.29 is 4.79 Å². The Morgan fingerprint density at radius 2 is 1.88 bits per heavy atom. The first kappa shape index (κ1) is 18.0. The van der Waals surface area contributed by atoms with Gasteiger partial charge in [0, 0.05) is 25.8 Å². The summed E-state index contributed by atoms with van der Waals surface area (Å²) >= 11 is 0. The summed E-state index contributed by atoms with van der Waals surface area (Å²) in [7, 11) is 0. The first-order valence-corrected chi connectivity index (χ1v) is 8.68. The van der Waals surface area contributed by atoms with E-state index < -0.39 is 0 Å². The van der Waals surface area contributed by atoms with E-state index in [1.807, 2.05) is 17.0 Å². The summed E-state index contributed by atoms with van der Waals surface area (Å²) in [6.45, 7) is 8.57. The molecule has 0 unspecified atom stereocenters. The molecule has 128 valence electrons. The number of nitrogens with one attached hydrogen (secondary N) is 1. The predicted molar refractivity (Wildman–Crippen MR) is 99.2 cm³/mol. The zero-order valence-electron chi connectivity index (χ0n) is 14.9. The van der Waals surface area contributed by atoms with Gasteiger partial charge in [0.15, 0.2) is 0 Å². The molecule has 0 aliphatic heterocycles. The smallest absolute Gasteiger partial charge is 0.255 e. The molecule has 1 amide bonds. The van der Waals surface area contributed by atoms with Crippen LogP contribution in [-0.2, 0) is 6.54 Å². The average Bonchev–Trinajstić information content (AvgIpc) is 2.60. The minimum Gasteiger partial charge on any atom is -0.366 e. The largest absolute Gasteiger partial charge is 0.366 e. The molecule has 4 heteroatoms. The van der Waals surface area contributed by atoms with E-state index in [0.29, 0.717) is 5.56 Å². The van der Waals surface area contributed by atoms with Crippen molar-refractivity contribution in [2.24, 2.45) is 0 Å². The molecule has 0 aliphatic carbocycles. The zero-order chi connectivity index (χ0) is 17.4. The molecule has 0 saturated carbocycles. The molecule has 0 fully saturated rings. The third-order valence-electron chi connectivity index (χ3n) is 3.84. The monoisotopic (exact) mass is 325 g/mol. The van der Waals surface area contributed by atoms with Crippen molar-refractivity contribution in [3.63, 3.8) is 0 Å². The Morgan fingerprint density at radius 3 is 2.46 bits per heavy atom. The number of benzene rings is 1. The van der Waals surface area contributed by atoms with Gasteiger partial charge in [0.05, 0.1) is 5.56 Å². The number of hydrogen-bond donors (Lipinski definition) is 1. The van der Waals surface area contributed by atoms with Gasteiger partial charge in [-0.1, -0.05) is 43.7 Å². The molecule has 0 spiro atoms. The van der Waals surface area contributed by atoms with E-state index in [1.165, 1.54) is 11.1 Å². The fourth-order valence-corrected chi connectivity index (χ4v) is 2.68. The lowest BCUT2D eigenvalue weighted by Crippen LogP contribution is -2.32. The lowest BCUT2D eigenvalue weighted by Gasteiger charge is -2.21. The molecular formula is C20H27N3O. The number of amides is 1. The van der Waals surface area contributed by atoms with Crippen LogP contribution in [0, 0.1) is 6.92 Å². The second kappa shape index (κ2) is 9.06. The maximum atomic E-state index is 12.5. The molecule has 1 N–H and O–H groups in total. The number of nitrogens with zero attached hydrogens (tertiary/aromatic N) is 2. The van der Waals surface area contributed by atoms with Crippen LogP contribution in [0.2, 0.25) is 0 Å². The van der Waals surface area contributed by atoms with Crippen molar-refractivity contribution >= 4 is 11.7 Å². The number of pyridine rings is 1. The molecule has 0 atom stereocenters. The van der Waals surface area contributed by atoms with Crippen LogP contribution in [0.15, 0.2) is 42.6 Å². The van der Waals surface area contributed by atoms with Crippen molar-refractivity contribution in [1.29, 1.82) is 0 Å². The lowest BCUT2D eigenvalue weighted by molar-refractivity contribution is 0.0755. The number of rotatable bonds is 8. The van der Waals surface area contributed by atoms with E-state index >= 15 is 0 Å². The van der Waals surface area contributed by atoms with Gasteiger partial charge in [-0.05, 0) is 37.5 Å². The fraction of sp³-hybridized carbons (Fsp3) is 0.400. The summed E-state index contributed by atoms with van der Waals surface area (Å²) in [6.07, 6.45) is 3.60. The molecule has 1 aromatic heterocycles. The molecule has 1 aromatic carbocycles. The Morgan fingerprint density at radius 1 is 1.12 bits per heavy atom. The van der Waals surface area contributed by atoms with Gasteiger partial charge < -0.3 is 10.2 Å². The van der Waals surface area contributed by atoms with Crippen LogP contribution in [-0.4, -0.2) is 28.9 Å². The zero-order valence-corrected chi connectivity index (χ0v) is 14.9. The first-order chi connectivity index (χ1) is 11.6. The van der Waals surface area contributed by atoms with Crippen LogP contribution in [0.1, 0.15) is 48.2 Å². The summed E-state index contributed by atoms with van der Waals surface area (Å²) < 4.78 is 0. The van der Waals surface area contributed by atoms with Crippen molar-refractivity contribution in [2.75, 3.05) is 18.4 Å². The summed E-state index contributed by atoms with van der Waals surface area (Å²) in [6, 6.07) is 12.1. The number of aryl methyl sites for hydroxylation is 1. The van der Waals surface area contributed by atoms with E-state index in [2.05, 4.69) is 55.3 Å². The van der Waals surface area contributed by atoms with Crippen molar-refractivity contribution in [2.45, 2.75) is 40.2 Å². The van der Waals surface area contributed by atoms with Gasteiger partial charge in [-0.2, -0.15) is 0 Å². The fourth-order valence-electron chi connectivity index (χ4n) is 2.68. The van der Waals surface area contributed by atoms with Gasteiger partial charge >= 0.3 is 0 Å². The third kappa shape index (κ3) is 5.08. The first-order valence-electron chi connectivity index (χ1n) is 8.68. The van der Waals surface area contributed by atoms with Crippen molar-refractivity contribution in [3.05, 3.63) is 59.3 Å². The quantitative estimate of drug-likeness (QED) is 0.788. The molecule has 2 aromatic rings. The van der Waals surface area contributed by atoms with E-state index in [0.717, 1.165) is 38.3 Å². The van der Waals surface area contributed by atoms with E-state index in [1.54, 1.807) is 6.20 Å². The van der Waals surface area contributed by atoms with Crippen LogP contribution >= 0.6 is 0 Å². The molecule has 1 heterocycles. The highest BCUT2D eigenvalue weighted by Gasteiger charge is 2.14. The Hall–Kier alpha value is -2.36. The summed E-state index contributed by atoms with van der Waals surface area (Å²) in [5.41, 5.74) is 3.11. The van der Waals surface area contributed by atoms with Gasteiger partial charge in [0.1, 0.15) is 5.82 Å². The highest BCUT2D eigenvalue weighted by molar-refractivity contribution is 5.94. The number of anilines is 1. The minimum atomic E-state index is 0.0661. The maximum absolute atomic E-state index is 12.5. The standard InChI is InChI=1S/C20H27N3O/c1-4-11-23(12-5-2)20(24)18-9-10-19(22-15-18)21-14-17-8-6-7-16(3)13-17/h6-10,13,15H,4-5,11-12,14H2,1-3H3,(H,21,22). The van der Waals surface area contributed by atoms with Crippen LogP contribution in [0.25, 0.3) is 0 Å². The second-order valence-electron chi connectivity index (χ2n) is 6.07. The highest BCUT2D eigenvalue weighted by Crippen LogP contribution is 2.11. The van der Waals surface area contributed by atoms with Gasteiger partial charge in [0.25, 0.3) is 5.91 Å². The Kier molecular flexibility index (Phi) is 6.79. The number of carbonyl (C=O) groups excluding carboxylic acids is 1. The molecule has 0 bridgehead atoms. The SMILES string of the molecule is CCCN(CCC)C(=O)c1ccc(NCc2cccc(C)c2)nc1. The molecule has 24 heavy (non-hydrogen) atoms. The van der Waals surface area contributed by atoms with Crippen molar-refractivity contribution in [3.8, 4) is 0 Å². The topological polar surface area (TPSA) is 45.2 Å². The molecule has 4 nitrogen and oxygen atoms in total. The Balaban J connectivity index is 1.97. The molecule has 2 rings (SSSR count). The van der Waals surface area contributed by atoms with Crippen LogP contribution in [0.3, 0.4) is 0 Å². The van der Waals surface area contributed by atoms with E-state index in [9.17, 15) is 4.79 Å². The summed E-state index contributed by atoms with van der Waals surface area (Å²) in [5.74, 6) is 0.849. The number of carbonyl (C=O) groups is 1. The molecule has 0 aliphatic rings. The van der Waals surface area contributed by atoms with E-state index in [4.69, 9.17) is 0 Å². The van der Waals surface area contributed by atoms with Crippen LogP contribution < -0.4 is 5.32 Å². The van der Waals surface area contributed by atoms with Gasteiger partial charge in [-0.3, -0.25) is 4.79 Å². The highest BCUT2D eigenvalue weighted by atomic mass is 16.2. The summed E-state index contributed by atoms with van der Waals surface area (Å²) in [4.78, 5) is 18.8. The minimum absolute atomic E-state index is 0.0661. The lowest BCUT2D eigenvalue weighted by atomic mass is 10.1. The second-order valence-corrected chi connectivity index (χ2v) is 6.07. The molecule has 0 saturated heterocycles. The number of hydrogen-bond acceptors (Lipinski definition) is 3. The third-order valence-corrected chi connectivity index (χ3v) is 3.84. The molecular weight excluding hydrogens is 298 g/mol. The Labute approximate surface area is 144 Å². The Bertz CT molecular complexity index is 646. The summed E-state index contributed by atoms with van der Waals surface area (Å²) in [5, 5.41) is 3.30. The van der Waals surface area contributed by atoms with Crippen LogP contribution in [0.5, 0.6) is 0 Å². The average molecular weight is 325 g/mol. The van der Waals surface area contributed by atoms with Gasteiger partial charge in [-0.25, -0.2) is 4.98 Å². The van der Waals surface area contributed by atoms with E-state index in [-0.39, 0.29) is 5.91 Å². The van der Waals surface area contributed by atoms with Gasteiger partial charge in [0.2, 0.25) is 0 Å². The molecule has 0 radical (unpaired) electrons. The maximum Gasteiger partial charge on any atom is 0.255 e. The predicted octanol–water partition coefficient (Wildman–Crippen LogP) is 4.26. The van der Waals surface area contributed by atoms with Crippen LogP contribution in [0.4, 0.5) is 5.82 Å². The normalized spacial score (nSPS) is 10.5. The van der Waals surface area contributed by atoms with Crippen molar-refractivity contribution in [1.82, 2.24) is 9.88 Å².